The number of hydrogen-bond donors (Lipinski definition) is 1. The van der Waals surface area contributed by atoms with Gasteiger partial charge in [-0.3, -0.25) is 0 Å². The van der Waals surface area contributed by atoms with Crippen LogP contribution in [-0.4, -0.2) is 37.1 Å². The molecule has 2 N–H and O–H groups in total. The van der Waals surface area contributed by atoms with E-state index in [-0.39, 0.29) is 5.54 Å². The van der Waals surface area contributed by atoms with Gasteiger partial charge in [-0.25, -0.2) is 0 Å². The summed E-state index contributed by atoms with van der Waals surface area (Å²) in [7, 11) is 1.65. The first-order valence-electron chi connectivity index (χ1n) is 6.43. The Morgan fingerprint density at radius 2 is 2.06 bits per heavy atom. The van der Waals surface area contributed by atoms with Crippen LogP contribution in [0.3, 0.4) is 0 Å². The largest absolute Gasteiger partial charge is 0.382 e. The lowest BCUT2D eigenvalue weighted by Crippen LogP contribution is -2.34. The summed E-state index contributed by atoms with van der Waals surface area (Å²) >= 11 is 0. The summed E-state index contributed by atoms with van der Waals surface area (Å²) < 4.78 is 15.4. The zero-order chi connectivity index (χ0) is 12.8. The fraction of sp³-hybridized carbons (Fsp3) is 0.833. The fourth-order valence-corrected chi connectivity index (χ4v) is 2.19. The van der Waals surface area contributed by atoms with Gasteiger partial charge in [0, 0.05) is 7.11 Å². The van der Waals surface area contributed by atoms with Gasteiger partial charge in [-0.2, -0.15) is 4.98 Å². The van der Waals surface area contributed by atoms with Gasteiger partial charge in [0.2, 0.25) is 5.89 Å². The summed E-state index contributed by atoms with van der Waals surface area (Å²) in [5, 5.41) is 3.99. The Labute approximate surface area is 107 Å². The Balaban J connectivity index is 1.79. The lowest BCUT2D eigenvalue weighted by molar-refractivity contribution is 0.0696. The van der Waals surface area contributed by atoms with Crippen LogP contribution in [0.2, 0.25) is 0 Å². The number of nitrogens with zero attached hydrogens (tertiary/aromatic N) is 2. The quantitative estimate of drug-likeness (QED) is 0.732. The van der Waals surface area contributed by atoms with E-state index in [9.17, 15) is 0 Å². The Morgan fingerprint density at radius 3 is 2.78 bits per heavy atom. The zero-order valence-corrected chi connectivity index (χ0v) is 10.9. The summed E-state index contributed by atoms with van der Waals surface area (Å²) in [4.78, 5) is 4.37. The van der Waals surface area contributed by atoms with Crippen molar-refractivity contribution >= 4 is 0 Å². The van der Waals surface area contributed by atoms with Gasteiger partial charge in [0.05, 0.1) is 31.8 Å². The number of aromatic nitrogens is 2. The highest BCUT2D eigenvalue weighted by molar-refractivity contribution is 5.06. The third kappa shape index (κ3) is 3.28. The van der Waals surface area contributed by atoms with Crippen molar-refractivity contribution in [2.75, 3.05) is 26.9 Å². The topological polar surface area (TPSA) is 83.4 Å². The van der Waals surface area contributed by atoms with Crippen molar-refractivity contribution in [1.82, 2.24) is 10.1 Å². The van der Waals surface area contributed by atoms with Crippen LogP contribution in [0.25, 0.3) is 0 Å². The van der Waals surface area contributed by atoms with Crippen molar-refractivity contribution in [2.24, 2.45) is 5.73 Å². The number of hydrogen-bond acceptors (Lipinski definition) is 6. The van der Waals surface area contributed by atoms with E-state index < -0.39 is 0 Å². The molecule has 0 saturated heterocycles. The maximum atomic E-state index is 6.26. The van der Waals surface area contributed by atoms with Crippen LogP contribution in [0.15, 0.2) is 4.52 Å². The van der Waals surface area contributed by atoms with Crippen molar-refractivity contribution in [3.63, 3.8) is 0 Å². The van der Waals surface area contributed by atoms with Crippen molar-refractivity contribution < 1.29 is 14.0 Å². The molecule has 1 saturated carbocycles. The predicted molar refractivity (Wildman–Crippen MR) is 65.0 cm³/mol. The van der Waals surface area contributed by atoms with Gasteiger partial charge in [0.1, 0.15) is 0 Å². The van der Waals surface area contributed by atoms with Crippen LogP contribution < -0.4 is 5.73 Å². The summed E-state index contributed by atoms with van der Waals surface area (Å²) in [6, 6.07) is 0. The van der Waals surface area contributed by atoms with Gasteiger partial charge >= 0.3 is 0 Å². The lowest BCUT2D eigenvalue weighted by atomic mass is 9.99. The first kappa shape index (κ1) is 13.5. The average molecular weight is 255 g/mol. The number of nitrogens with two attached hydrogens (primary N) is 1. The summed E-state index contributed by atoms with van der Waals surface area (Å²) in [5.74, 6) is 1.24. The predicted octanol–water partition coefficient (Wildman–Crippen LogP) is 1.00. The molecule has 1 aromatic rings. The Bertz CT molecular complexity index is 361. The third-order valence-corrected chi connectivity index (χ3v) is 3.30. The van der Waals surface area contributed by atoms with E-state index >= 15 is 0 Å². The molecular formula is C12H21N3O3. The molecule has 1 aliphatic rings. The van der Waals surface area contributed by atoms with E-state index in [0.717, 1.165) is 25.7 Å². The molecule has 6 nitrogen and oxygen atoms in total. The molecule has 0 aromatic carbocycles. The zero-order valence-electron chi connectivity index (χ0n) is 10.9. The lowest BCUT2D eigenvalue weighted by Gasteiger charge is -2.17. The molecule has 2 rings (SSSR count). The van der Waals surface area contributed by atoms with E-state index in [0.29, 0.717) is 38.0 Å². The minimum atomic E-state index is -0.376. The molecule has 0 amide bonds. The van der Waals surface area contributed by atoms with Gasteiger partial charge < -0.3 is 19.7 Å². The Morgan fingerprint density at radius 1 is 1.28 bits per heavy atom. The second-order valence-corrected chi connectivity index (χ2v) is 4.73. The number of rotatable bonds is 7. The normalized spacial score (nSPS) is 18.3. The fourth-order valence-electron chi connectivity index (χ4n) is 2.19. The molecule has 6 heteroatoms. The molecule has 1 fully saturated rings. The van der Waals surface area contributed by atoms with Gasteiger partial charge in [-0.05, 0) is 12.8 Å². The van der Waals surface area contributed by atoms with Crippen LogP contribution in [0.1, 0.15) is 37.4 Å². The maximum Gasteiger partial charge on any atom is 0.229 e. The molecule has 1 aliphatic carbocycles. The van der Waals surface area contributed by atoms with Crippen LogP contribution in [0.5, 0.6) is 0 Å². The van der Waals surface area contributed by atoms with E-state index in [1.165, 1.54) is 0 Å². The van der Waals surface area contributed by atoms with Gasteiger partial charge in [-0.15, -0.1) is 0 Å². The highest BCUT2D eigenvalue weighted by Gasteiger charge is 2.35. The smallest absolute Gasteiger partial charge is 0.229 e. The molecule has 0 unspecified atom stereocenters. The average Bonchev–Trinajstić information content (AvgIpc) is 2.99. The van der Waals surface area contributed by atoms with E-state index in [1.54, 1.807) is 7.11 Å². The first-order valence-corrected chi connectivity index (χ1v) is 6.43. The number of methoxy groups -OCH3 is 1. The molecule has 0 radical (unpaired) electrons. The van der Waals surface area contributed by atoms with Gasteiger partial charge in [0.25, 0.3) is 0 Å². The standard InChI is InChI=1S/C12H21N3O3/c1-16-8-9-17-7-4-10-14-11(15-18-10)12(13)5-2-3-6-12/h2-9,13H2,1H3. The minimum absolute atomic E-state index is 0.376. The van der Waals surface area contributed by atoms with Crippen LogP contribution >= 0.6 is 0 Å². The Hall–Kier alpha value is -0.980. The second-order valence-electron chi connectivity index (χ2n) is 4.73. The van der Waals surface area contributed by atoms with Crippen molar-refractivity contribution in [2.45, 2.75) is 37.6 Å². The van der Waals surface area contributed by atoms with E-state index in [4.69, 9.17) is 19.7 Å². The van der Waals surface area contributed by atoms with Crippen molar-refractivity contribution in [3.8, 4) is 0 Å². The summed E-state index contributed by atoms with van der Waals surface area (Å²) in [5.41, 5.74) is 5.88. The van der Waals surface area contributed by atoms with Crippen molar-refractivity contribution in [1.29, 1.82) is 0 Å². The van der Waals surface area contributed by atoms with Gasteiger partial charge in [0.15, 0.2) is 5.82 Å². The number of ether oxygens (including phenoxy) is 2. The second kappa shape index (κ2) is 6.26. The molecule has 1 heterocycles. The van der Waals surface area contributed by atoms with Crippen LogP contribution in [0.4, 0.5) is 0 Å². The molecule has 0 spiro atoms. The van der Waals surface area contributed by atoms with E-state index in [2.05, 4.69) is 10.1 Å². The highest BCUT2D eigenvalue weighted by Crippen LogP contribution is 2.34. The minimum Gasteiger partial charge on any atom is -0.382 e. The van der Waals surface area contributed by atoms with Crippen molar-refractivity contribution in [3.05, 3.63) is 11.7 Å². The molecule has 0 atom stereocenters. The molecule has 0 bridgehead atoms. The maximum absolute atomic E-state index is 6.26. The van der Waals surface area contributed by atoms with Gasteiger partial charge in [-0.1, -0.05) is 18.0 Å². The molecule has 0 aliphatic heterocycles. The summed E-state index contributed by atoms with van der Waals surface area (Å²) in [6.07, 6.45) is 4.78. The highest BCUT2D eigenvalue weighted by atomic mass is 16.5. The first-order chi connectivity index (χ1) is 8.74. The molecule has 18 heavy (non-hydrogen) atoms. The monoisotopic (exact) mass is 255 g/mol. The molecule has 102 valence electrons. The molecular weight excluding hydrogens is 234 g/mol. The SMILES string of the molecule is COCCOCCc1nc(C2(N)CCCC2)no1. The molecule has 1 aromatic heterocycles. The van der Waals surface area contributed by atoms with Crippen LogP contribution in [0, 0.1) is 0 Å². The summed E-state index contributed by atoms with van der Waals surface area (Å²) in [6.45, 7) is 1.74. The van der Waals surface area contributed by atoms with Crippen LogP contribution in [-0.2, 0) is 21.4 Å². The third-order valence-electron chi connectivity index (χ3n) is 3.30. The van der Waals surface area contributed by atoms with E-state index in [1.807, 2.05) is 0 Å². The Kier molecular flexibility index (Phi) is 4.68.